The Morgan fingerprint density at radius 3 is 1.55 bits per heavy atom. The van der Waals surface area contributed by atoms with Gasteiger partial charge in [-0.25, -0.2) is 0 Å². The van der Waals surface area contributed by atoms with E-state index < -0.39 is 0 Å². The molecule has 64 heavy (non-hydrogen) atoms. The van der Waals surface area contributed by atoms with E-state index in [2.05, 4.69) is 245 Å². The normalized spacial score (nSPS) is 13.7. The summed E-state index contributed by atoms with van der Waals surface area (Å²) in [6, 6.07) is 83.4. The Hall–Kier alpha value is -8.47. The summed E-state index contributed by atoms with van der Waals surface area (Å²) in [5.41, 5.74) is 17.2. The van der Waals surface area contributed by atoms with Crippen molar-refractivity contribution in [2.75, 3.05) is 5.32 Å². The number of para-hydroxylation sites is 3. The average Bonchev–Trinajstić information content (AvgIpc) is 3.89. The second-order valence-corrected chi connectivity index (χ2v) is 16.8. The maximum atomic E-state index is 5.52. The van der Waals surface area contributed by atoms with Crippen molar-refractivity contribution in [3.63, 3.8) is 0 Å². The molecule has 0 saturated heterocycles. The van der Waals surface area contributed by atoms with Crippen LogP contribution in [0.4, 0.5) is 5.69 Å². The van der Waals surface area contributed by atoms with Gasteiger partial charge in [-0.05, 0) is 93.9 Å². The summed E-state index contributed by atoms with van der Waals surface area (Å²) in [6.07, 6.45) is -0.301. The molecular weight excluding hydrogens is 777 g/mol. The predicted octanol–water partition coefficient (Wildman–Crippen LogP) is 15.3. The summed E-state index contributed by atoms with van der Waals surface area (Å²) in [4.78, 5) is 5.52. The van der Waals surface area contributed by atoms with Crippen LogP contribution in [0.3, 0.4) is 0 Å². The lowest BCUT2D eigenvalue weighted by molar-refractivity contribution is 0.828. The zero-order chi connectivity index (χ0) is 42.1. The minimum absolute atomic E-state index is 0.301. The summed E-state index contributed by atoms with van der Waals surface area (Å²) in [5.74, 6) is 0. The van der Waals surface area contributed by atoms with Gasteiger partial charge in [0.15, 0.2) is 0 Å². The van der Waals surface area contributed by atoms with Gasteiger partial charge in [0.2, 0.25) is 0 Å². The molecule has 12 aromatic rings. The van der Waals surface area contributed by atoms with Gasteiger partial charge in [-0.2, -0.15) is 0 Å². The molecule has 1 aliphatic heterocycles. The standard InChI is InChI=1S/C60H40N4/c1-3-14-39(15-4-1)40-26-28-42(29-27-40)58-51-33-30-41-16-7-8-21-48(41)59(51)62-60(61-58)45-17-13-20-47(36-45)64-55-25-12-10-23-50(55)53-38-44(32-35-57(53)64)43-31-34-56-52(37-43)49-22-9-11-24-54(49)63(56)46-18-5-2-6-19-46/h1-38,60,62H. The number of nitrogens with one attached hydrogen (secondary N) is 1. The molecule has 0 amide bonds. The Kier molecular flexibility index (Phi) is 8.25. The fourth-order valence-corrected chi connectivity index (χ4v) is 10.1. The van der Waals surface area contributed by atoms with Crippen LogP contribution in [0.1, 0.15) is 22.9 Å². The van der Waals surface area contributed by atoms with Crippen LogP contribution in [0.25, 0.3) is 88.0 Å². The van der Waals surface area contributed by atoms with Gasteiger partial charge in [0.1, 0.15) is 6.17 Å². The number of anilines is 1. The summed E-state index contributed by atoms with van der Waals surface area (Å²) >= 11 is 0. The van der Waals surface area contributed by atoms with Gasteiger partial charge in [0.05, 0.1) is 33.5 Å². The van der Waals surface area contributed by atoms with E-state index in [9.17, 15) is 0 Å². The van der Waals surface area contributed by atoms with Crippen LogP contribution < -0.4 is 5.32 Å². The first kappa shape index (κ1) is 36.2. The lowest BCUT2D eigenvalue weighted by atomic mass is 9.93. The minimum Gasteiger partial charge on any atom is -0.359 e. The third-order valence-electron chi connectivity index (χ3n) is 13.1. The highest BCUT2D eigenvalue weighted by molar-refractivity contribution is 6.20. The van der Waals surface area contributed by atoms with Crippen molar-refractivity contribution in [2.45, 2.75) is 6.17 Å². The van der Waals surface area contributed by atoms with E-state index in [1.54, 1.807) is 0 Å². The fraction of sp³-hybridized carbons (Fsp3) is 0.0167. The van der Waals surface area contributed by atoms with Crippen molar-refractivity contribution in [3.8, 4) is 33.6 Å². The van der Waals surface area contributed by atoms with Gasteiger partial charge >= 0.3 is 0 Å². The topological polar surface area (TPSA) is 34.2 Å². The molecule has 1 aliphatic rings. The lowest BCUT2D eigenvalue weighted by Gasteiger charge is -2.28. The first-order valence-corrected chi connectivity index (χ1v) is 22.0. The molecule has 2 aromatic heterocycles. The molecule has 300 valence electrons. The van der Waals surface area contributed by atoms with Crippen molar-refractivity contribution >= 4 is 65.8 Å². The van der Waals surface area contributed by atoms with Gasteiger partial charge < -0.3 is 14.5 Å². The Morgan fingerprint density at radius 1 is 0.344 bits per heavy atom. The molecule has 13 rings (SSSR count). The number of rotatable bonds is 6. The third-order valence-corrected chi connectivity index (χ3v) is 13.1. The molecule has 0 bridgehead atoms. The van der Waals surface area contributed by atoms with Gasteiger partial charge in [0, 0.05) is 49.4 Å². The maximum absolute atomic E-state index is 5.52. The van der Waals surface area contributed by atoms with Crippen LogP contribution in [-0.2, 0) is 0 Å². The van der Waals surface area contributed by atoms with Gasteiger partial charge in [-0.1, -0.05) is 170 Å². The van der Waals surface area contributed by atoms with Gasteiger partial charge in [0.25, 0.3) is 0 Å². The van der Waals surface area contributed by atoms with Gasteiger partial charge in [-0.15, -0.1) is 0 Å². The van der Waals surface area contributed by atoms with Crippen LogP contribution in [0, 0.1) is 0 Å². The molecule has 4 nitrogen and oxygen atoms in total. The Morgan fingerprint density at radius 2 is 0.859 bits per heavy atom. The quantitative estimate of drug-likeness (QED) is 0.178. The largest absolute Gasteiger partial charge is 0.359 e. The second kappa shape index (κ2) is 14.6. The molecule has 1 N–H and O–H groups in total. The van der Waals surface area contributed by atoms with Crippen LogP contribution >= 0.6 is 0 Å². The molecule has 1 atom stereocenters. The summed E-state index contributed by atoms with van der Waals surface area (Å²) in [7, 11) is 0. The first-order chi connectivity index (χ1) is 31.7. The van der Waals surface area contributed by atoms with E-state index >= 15 is 0 Å². The van der Waals surface area contributed by atoms with E-state index in [1.807, 2.05) is 0 Å². The number of hydrogen-bond donors (Lipinski definition) is 1. The highest BCUT2D eigenvalue weighted by Gasteiger charge is 2.25. The second-order valence-electron chi connectivity index (χ2n) is 16.8. The van der Waals surface area contributed by atoms with Crippen molar-refractivity contribution in [1.29, 1.82) is 0 Å². The Labute approximate surface area is 370 Å². The van der Waals surface area contributed by atoms with Crippen molar-refractivity contribution in [3.05, 3.63) is 247 Å². The van der Waals surface area contributed by atoms with Crippen molar-refractivity contribution < 1.29 is 0 Å². The van der Waals surface area contributed by atoms with E-state index in [1.165, 1.54) is 82.3 Å². The summed E-state index contributed by atoms with van der Waals surface area (Å²) < 4.78 is 4.78. The number of nitrogens with zero attached hydrogens (tertiary/aromatic N) is 3. The fourth-order valence-electron chi connectivity index (χ4n) is 10.1. The number of benzene rings is 10. The molecule has 0 radical (unpaired) electrons. The SMILES string of the molecule is c1ccc(-c2ccc(C3=NC(c4cccc(-n5c6ccccc6c6cc(-c7ccc8c(c7)c7ccccc7n8-c7ccccc7)ccc65)c4)Nc4c3ccc3ccccc43)cc2)cc1. The maximum Gasteiger partial charge on any atom is 0.145 e. The van der Waals surface area contributed by atoms with E-state index in [-0.39, 0.29) is 6.17 Å². The molecule has 0 fully saturated rings. The molecule has 0 saturated carbocycles. The highest BCUT2D eigenvalue weighted by Crippen LogP contribution is 2.41. The molecule has 4 heteroatoms. The van der Waals surface area contributed by atoms with Crippen LogP contribution in [0.5, 0.6) is 0 Å². The third kappa shape index (κ3) is 5.80. The lowest BCUT2D eigenvalue weighted by Crippen LogP contribution is -2.21. The number of hydrogen-bond acceptors (Lipinski definition) is 2. The Balaban J connectivity index is 0.919. The average molecular weight is 817 g/mol. The minimum atomic E-state index is -0.301. The number of fused-ring (bicyclic) bond motifs is 9. The van der Waals surface area contributed by atoms with E-state index in [4.69, 9.17) is 4.99 Å². The summed E-state index contributed by atoms with van der Waals surface area (Å²) in [5, 5.41) is 11.2. The van der Waals surface area contributed by atoms with E-state index in [0.717, 1.165) is 33.8 Å². The van der Waals surface area contributed by atoms with Crippen LogP contribution in [0.15, 0.2) is 236 Å². The van der Waals surface area contributed by atoms with E-state index in [0.29, 0.717) is 0 Å². The summed E-state index contributed by atoms with van der Waals surface area (Å²) in [6.45, 7) is 0. The number of aliphatic imine (C=N–C) groups is 1. The van der Waals surface area contributed by atoms with Crippen molar-refractivity contribution in [1.82, 2.24) is 9.13 Å². The molecule has 1 unspecified atom stereocenters. The highest BCUT2D eigenvalue weighted by atomic mass is 15.1. The Bertz CT molecular complexity index is 3800. The molecular formula is C60H40N4. The monoisotopic (exact) mass is 816 g/mol. The van der Waals surface area contributed by atoms with Crippen LogP contribution in [0.2, 0.25) is 0 Å². The predicted molar refractivity (Wildman–Crippen MR) is 268 cm³/mol. The van der Waals surface area contributed by atoms with Gasteiger partial charge in [-0.3, -0.25) is 4.99 Å². The zero-order valence-electron chi connectivity index (χ0n) is 34.9. The molecule has 10 aromatic carbocycles. The van der Waals surface area contributed by atoms with Crippen molar-refractivity contribution in [2.24, 2.45) is 4.99 Å². The molecule has 3 heterocycles. The molecule has 0 spiro atoms. The first-order valence-electron chi connectivity index (χ1n) is 22.0. The zero-order valence-corrected chi connectivity index (χ0v) is 34.9. The van der Waals surface area contributed by atoms with Crippen LogP contribution in [-0.4, -0.2) is 14.8 Å². The number of aromatic nitrogens is 2. The molecule has 0 aliphatic carbocycles. The smallest absolute Gasteiger partial charge is 0.145 e.